The van der Waals surface area contributed by atoms with Crippen LogP contribution < -0.4 is 0 Å². The van der Waals surface area contributed by atoms with Crippen LogP contribution in [-0.2, 0) is 11.3 Å². The third-order valence-electron chi connectivity index (χ3n) is 3.10. The number of phenolic OH excluding ortho intramolecular Hbond substituents is 1. The first-order valence-corrected chi connectivity index (χ1v) is 6.81. The second-order valence-electron chi connectivity index (χ2n) is 5.56. The molecule has 0 bridgehead atoms. The molecule has 1 rings (SSSR count). The number of rotatable bonds is 7. The first-order valence-electron chi connectivity index (χ1n) is 6.81. The van der Waals surface area contributed by atoms with Crippen LogP contribution >= 0.6 is 0 Å². The van der Waals surface area contributed by atoms with Crippen LogP contribution in [0.1, 0.15) is 43.1 Å². The SMILES string of the molecule is C/C(=C\Cc1cc(C=O)ccc1O)C/C=C\C(C)(C)OO. The minimum Gasteiger partial charge on any atom is -0.508 e. The number of carbonyl (C=O) groups excluding carboxylic acids is 1. The molecule has 0 aliphatic carbocycles. The van der Waals surface area contributed by atoms with Gasteiger partial charge in [0.25, 0.3) is 0 Å². The highest BCUT2D eigenvalue weighted by atomic mass is 17.1. The molecule has 0 radical (unpaired) electrons. The minimum absolute atomic E-state index is 0.190. The van der Waals surface area contributed by atoms with Crippen LogP contribution in [0.4, 0.5) is 0 Å². The fraction of sp³-hybridized carbons (Fsp3) is 0.353. The van der Waals surface area contributed by atoms with E-state index >= 15 is 0 Å². The molecule has 0 unspecified atom stereocenters. The molecule has 0 saturated heterocycles. The summed E-state index contributed by atoms with van der Waals surface area (Å²) in [5.41, 5.74) is 1.70. The van der Waals surface area contributed by atoms with Gasteiger partial charge in [-0.1, -0.05) is 23.8 Å². The number of benzene rings is 1. The molecule has 4 nitrogen and oxygen atoms in total. The quantitative estimate of drug-likeness (QED) is 0.346. The van der Waals surface area contributed by atoms with Gasteiger partial charge in [-0.3, -0.25) is 10.1 Å². The Hall–Kier alpha value is -1.91. The highest BCUT2D eigenvalue weighted by Gasteiger charge is 2.12. The minimum atomic E-state index is -0.698. The Morgan fingerprint density at radius 1 is 1.38 bits per heavy atom. The summed E-state index contributed by atoms with van der Waals surface area (Å²) in [5.74, 6) is 0.190. The number of carbonyl (C=O) groups is 1. The fourth-order valence-electron chi connectivity index (χ4n) is 1.77. The van der Waals surface area contributed by atoms with Gasteiger partial charge in [0.05, 0.1) is 0 Å². The molecular weight excluding hydrogens is 268 g/mol. The highest BCUT2D eigenvalue weighted by molar-refractivity contribution is 5.75. The Labute approximate surface area is 125 Å². The van der Waals surface area contributed by atoms with Crippen LogP contribution in [0, 0.1) is 0 Å². The van der Waals surface area contributed by atoms with E-state index in [1.54, 1.807) is 32.1 Å². The first kappa shape index (κ1) is 17.1. The van der Waals surface area contributed by atoms with Crippen LogP contribution in [0.3, 0.4) is 0 Å². The van der Waals surface area contributed by atoms with E-state index in [-0.39, 0.29) is 5.75 Å². The van der Waals surface area contributed by atoms with Crippen molar-refractivity contribution in [2.45, 2.75) is 39.2 Å². The van der Waals surface area contributed by atoms with Crippen molar-refractivity contribution in [3.05, 3.63) is 53.1 Å². The summed E-state index contributed by atoms with van der Waals surface area (Å²) in [4.78, 5) is 15.1. The van der Waals surface area contributed by atoms with Crippen molar-refractivity contribution in [3.8, 4) is 5.75 Å². The molecule has 0 fully saturated rings. The molecule has 0 heterocycles. The third-order valence-corrected chi connectivity index (χ3v) is 3.10. The van der Waals surface area contributed by atoms with E-state index in [1.165, 1.54) is 6.07 Å². The Balaban J connectivity index is 2.66. The Kier molecular flexibility index (Phi) is 6.34. The summed E-state index contributed by atoms with van der Waals surface area (Å²) in [5, 5.41) is 18.4. The normalized spacial score (nSPS) is 12.9. The fourth-order valence-corrected chi connectivity index (χ4v) is 1.77. The maximum absolute atomic E-state index is 10.7. The zero-order chi connectivity index (χ0) is 15.9. The van der Waals surface area contributed by atoms with Crippen LogP contribution in [0.25, 0.3) is 0 Å². The van der Waals surface area contributed by atoms with Gasteiger partial charge in [0, 0.05) is 5.56 Å². The van der Waals surface area contributed by atoms with Crippen molar-refractivity contribution in [1.82, 2.24) is 0 Å². The van der Waals surface area contributed by atoms with E-state index in [2.05, 4.69) is 4.89 Å². The van der Waals surface area contributed by atoms with Gasteiger partial charge in [-0.2, -0.15) is 0 Å². The lowest BCUT2D eigenvalue weighted by molar-refractivity contribution is -0.297. The molecule has 0 spiro atoms. The lowest BCUT2D eigenvalue weighted by atomic mass is 10.0. The maximum atomic E-state index is 10.7. The molecule has 0 aliphatic heterocycles. The standard InChI is InChI=1S/C17H22O4/c1-13(5-4-10-17(2,3)21-20)6-8-15-11-14(12-18)7-9-16(15)19/h4,6-7,9-12,19-20H,5,8H2,1-3H3/b10-4-,13-6+. The number of allylic oxidation sites excluding steroid dienone is 3. The predicted octanol–water partition coefficient (Wildman–Crippen LogP) is 3.91. The van der Waals surface area contributed by atoms with Crippen molar-refractivity contribution in [1.29, 1.82) is 0 Å². The van der Waals surface area contributed by atoms with Gasteiger partial charge < -0.3 is 5.11 Å². The number of aromatic hydroxyl groups is 1. The van der Waals surface area contributed by atoms with Gasteiger partial charge in [0.2, 0.25) is 0 Å². The molecule has 0 aliphatic rings. The maximum Gasteiger partial charge on any atom is 0.150 e. The average molecular weight is 290 g/mol. The first-order chi connectivity index (χ1) is 9.88. The molecule has 0 atom stereocenters. The Bertz CT molecular complexity index is 542. The molecule has 114 valence electrons. The highest BCUT2D eigenvalue weighted by Crippen LogP contribution is 2.20. The van der Waals surface area contributed by atoms with Crippen molar-refractivity contribution in [2.75, 3.05) is 0 Å². The molecule has 1 aromatic carbocycles. The van der Waals surface area contributed by atoms with E-state index in [0.29, 0.717) is 12.0 Å². The second kappa shape index (κ2) is 7.76. The lowest BCUT2D eigenvalue weighted by Gasteiger charge is -2.14. The van der Waals surface area contributed by atoms with Gasteiger partial charge in [-0.25, -0.2) is 4.89 Å². The van der Waals surface area contributed by atoms with Crippen LogP contribution in [0.15, 0.2) is 42.0 Å². The average Bonchev–Trinajstić information content (AvgIpc) is 2.46. The monoisotopic (exact) mass is 290 g/mol. The molecular formula is C17H22O4. The topological polar surface area (TPSA) is 66.8 Å². The third kappa shape index (κ3) is 5.94. The summed E-state index contributed by atoms with van der Waals surface area (Å²) in [7, 11) is 0. The Morgan fingerprint density at radius 3 is 2.71 bits per heavy atom. The molecule has 0 saturated carbocycles. The number of phenols is 1. The van der Waals surface area contributed by atoms with Gasteiger partial charge in [-0.15, -0.1) is 0 Å². The molecule has 21 heavy (non-hydrogen) atoms. The van der Waals surface area contributed by atoms with Crippen molar-refractivity contribution in [2.24, 2.45) is 0 Å². The van der Waals surface area contributed by atoms with E-state index in [9.17, 15) is 9.90 Å². The number of hydrogen-bond acceptors (Lipinski definition) is 4. The van der Waals surface area contributed by atoms with Gasteiger partial charge in [-0.05, 0) is 57.4 Å². The second-order valence-corrected chi connectivity index (χ2v) is 5.56. The van der Waals surface area contributed by atoms with E-state index in [4.69, 9.17) is 5.26 Å². The Morgan fingerprint density at radius 2 is 2.10 bits per heavy atom. The van der Waals surface area contributed by atoms with Crippen LogP contribution in [0.2, 0.25) is 0 Å². The molecule has 2 N–H and O–H groups in total. The summed E-state index contributed by atoms with van der Waals surface area (Å²) in [6.07, 6.45) is 7.76. The lowest BCUT2D eigenvalue weighted by Crippen LogP contribution is -2.18. The van der Waals surface area contributed by atoms with E-state index < -0.39 is 5.60 Å². The number of hydrogen-bond donors (Lipinski definition) is 2. The largest absolute Gasteiger partial charge is 0.508 e. The van der Waals surface area contributed by atoms with E-state index in [0.717, 1.165) is 23.8 Å². The van der Waals surface area contributed by atoms with E-state index in [1.807, 2.05) is 19.1 Å². The molecule has 0 amide bonds. The zero-order valence-electron chi connectivity index (χ0n) is 12.7. The summed E-state index contributed by atoms with van der Waals surface area (Å²) in [6, 6.07) is 4.80. The molecule has 0 aromatic heterocycles. The zero-order valence-corrected chi connectivity index (χ0v) is 12.7. The van der Waals surface area contributed by atoms with Crippen LogP contribution in [-0.4, -0.2) is 22.3 Å². The molecule has 4 heteroatoms. The molecule has 1 aromatic rings. The summed E-state index contributed by atoms with van der Waals surface area (Å²) < 4.78 is 0. The van der Waals surface area contributed by atoms with Gasteiger partial charge >= 0.3 is 0 Å². The summed E-state index contributed by atoms with van der Waals surface area (Å²) in [6.45, 7) is 5.49. The van der Waals surface area contributed by atoms with Crippen molar-refractivity contribution >= 4 is 6.29 Å². The predicted molar refractivity (Wildman–Crippen MR) is 82.5 cm³/mol. The van der Waals surface area contributed by atoms with Gasteiger partial charge in [0.15, 0.2) is 0 Å². The van der Waals surface area contributed by atoms with Crippen LogP contribution in [0.5, 0.6) is 5.75 Å². The van der Waals surface area contributed by atoms with Crippen molar-refractivity contribution in [3.63, 3.8) is 0 Å². The van der Waals surface area contributed by atoms with Gasteiger partial charge in [0.1, 0.15) is 17.6 Å². The smallest absolute Gasteiger partial charge is 0.150 e. The summed E-state index contributed by atoms with van der Waals surface area (Å²) >= 11 is 0. The number of aldehydes is 1. The van der Waals surface area contributed by atoms with Crippen molar-refractivity contribution < 1.29 is 20.0 Å².